The molecule has 0 aliphatic rings. The summed E-state index contributed by atoms with van der Waals surface area (Å²) in [7, 11) is 0. The maximum atomic E-state index is 12.5. The Hall–Kier alpha value is -2.32. The molecule has 2 heterocycles. The van der Waals surface area contributed by atoms with Gasteiger partial charge in [0.25, 0.3) is 0 Å². The summed E-state index contributed by atoms with van der Waals surface area (Å²) in [5, 5.41) is 10.1. The van der Waals surface area contributed by atoms with Gasteiger partial charge in [-0.15, -0.1) is 0 Å². The number of carbonyl (C=O) groups excluding carboxylic acids is 1. The highest BCUT2D eigenvalue weighted by Crippen LogP contribution is 2.28. The highest BCUT2D eigenvalue weighted by atomic mass is 19.4. The molecule has 0 unspecified atom stereocenters. The van der Waals surface area contributed by atoms with Crippen LogP contribution in [0.4, 0.5) is 13.2 Å². The van der Waals surface area contributed by atoms with Gasteiger partial charge in [0.15, 0.2) is 5.69 Å². The van der Waals surface area contributed by atoms with Crippen molar-refractivity contribution in [2.45, 2.75) is 39.7 Å². The Bertz CT molecular complexity index is 659. The summed E-state index contributed by atoms with van der Waals surface area (Å²) < 4.78 is 40.4. The van der Waals surface area contributed by atoms with Gasteiger partial charge in [0, 0.05) is 30.5 Å². The number of alkyl halides is 3. The van der Waals surface area contributed by atoms with Crippen molar-refractivity contribution >= 4 is 5.91 Å². The van der Waals surface area contributed by atoms with Crippen LogP contribution in [0, 0.1) is 6.92 Å². The third kappa shape index (κ3) is 3.86. The lowest BCUT2D eigenvalue weighted by molar-refractivity contribution is -0.141. The molecule has 2 rings (SSSR count). The number of hydrogen-bond acceptors (Lipinski definition) is 3. The van der Waals surface area contributed by atoms with Gasteiger partial charge < -0.3 is 5.32 Å². The standard InChI is InChI=1S/C13H16F3N5O/c1-3-20-7-10(6-18-20)5-17-12(22)8-21-9(2)4-11(19-21)13(14,15)16/h4,6-7H,3,5,8H2,1-2H3,(H,17,22). The number of halogens is 3. The van der Waals surface area contributed by atoms with E-state index in [0.717, 1.165) is 22.9 Å². The van der Waals surface area contributed by atoms with Crippen LogP contribution in [-0.2, 0) is 30.6 Å². The van der Waals surface area contributed by atoms with E-state index in [9.17, 15) is 18.0 Å². The normalized spacial score (nSPS) is 11.7. The van der Waals surface area contributed by atoms with Gasteiger partial charge in [-0.05, 0) is 19.9 Å². The molecule has 1 N–H and O–H groups in total. The summed E-state index contributed by atoms with van der Waals surface area (Å²) >= 11 is 0. The molecular formula is C13H16F3N5O. The van der Waals surface area contributed by atoms with Crippen LogP contribution in [0.5, 0.6) is 0 Å². The number of carbonyl (C=O) groups is 1. The van der Waals surface area contributed by atoms with E-state index in [2.05, 4.69) is 15.5 Å². The number of amides is 1. The molecule has 22 heavy (non-hydrogen) atoms. The molecule has 9 heteroatoms. The molecule has 0 saturated carbocycles. The minimum atomic E-state index is -4.51. The molecule has 0 aliphatic carbocycles. The van der Waals surface area contributed by atoms with Gasteiger partial charge in [0.1, 0.15) is 6.54 Å². The summed E-state index contributed by atoms with van der Waals surface area (Å²) in [6.07, 6.45) is -1.09. The van der Waals surface area contributed by atoms with E-state index in [1.807, 2.05) is 6.92 Å². The van der Waals surface area contributed by atoms with Gasteiger partial charge in [0.05, 0.1) is 6.20 Å². The molecule has 1 amide bonds. The predicted octanol–water partition coefficient (Wildman–Crippen LogP) is 1.74. The summed E-state index contributed by atoms with van der Waals surface area (Å²) in [6.45, 7) is 4.14. The zero-order valence-corrected chi connectivity index (χ0v) is 12.2. The lowest BCUT2D eigenvalue weighted by Crippen LogP contribution is -2.28. The number of aromatic nitrogens is 4. The van der Waals surface area contributed by atoms with Crippen molar-refractivity contribution in [3.8, 4) is 0 Å². The third-order valence-electron chi connectivity index (χ3n) is 3.07. The largest absolute Gasteiger partial charge is 0.435 e. The van der Waals surface area contributed by atoms with Gasteiger partial charge >= 0.3 is 6.18 Å². The second kappa shape index (κ2) is 6.20. The quantitative estimate of drug-likeness (QED) is 0.914. The highest BCUT2D eigenvalue weighted by Gasteiger charge is 2.34. The van der Waals surface area contributed by atoms with Crippen LogP contribution in [-0.4, -0.2) is 25.5 Å². The molecule has 120 valence electrons. The predicted molar refractivity (Wildman–Crippen MR) is 71.7 cm³/mol. The fourth-order valence-electron chi connectivity index (χ4n) is 1.87. The number of nitrogens with zero attached hydrogens (tertiary/aromatic N) is 4. The SMILES string of the molecule is CCn1cc(CNC(=O)Cn2nc(C(F)(F)F)cc2C)cn1. The van der Waals surface area contributed by atoms with E-state index in [1.165, 1.54) is 6.92 Å². The molecule has 0 saturated heterocycles. The van der Waals surface area contributed by atoms with Gasteiger partial charge in [0.2, 0.25) is 5.91 Å². The van der Waals surface area contributed by atoms with Crippen molar-refractivity contribution < 1.29 is 18.0 Å². The first kappa shape index (κ1) is 16.1. The van der Waals surface area contributed by atoms with E-state index >= 15 is 0 Å². The monoisotopic (exact) mass is 315 g/mol. The van der Waals surface area contributed by atoms with Crippen molar-refractivity contribution in [3.05, 3.63) is 35.4 Å². The number of nitrogens with one attached hydrogen (secondary N) is 1. The Balaban J connectivity index is 1.93. The van der Waals surface area contributed by atoms with Crippen LogP contribution in [0.1, 0.15) is 23.9 Å². The Kier molecular flexibility index (Phi) is 4.53. The van der Waals surface area contributed by atoms with Crippen molar-refractivity contribution in [3.63, 3.8) is 0 Å². The fourth-order valence-corrected chi connectivity index (χ4v) is 1.87. The molecular weight excluding hydrogens is 299 g/mol. The van der Waals surface area contributed by atoms with Crippen LogP contribution in [0.15, 0.2) is 18.5 Å². The number of hydrogen-bond donors (Lipinski definition) is 1. The van der Waals surface area contributed by atoms with Gasteiger partial charge in [-0.25, -0.2) is 0 Å². The van der Waals surface area contributed by atoms with Crippen LogP contribution < -0.4 is 5.32 Å². The van der Waals surface area contributed by atoms with E-state index in [1.54, 1.807) is 17.1 Å². The summed E-state index contributed by atoms with van der Waals surface area (Å²) in [5.41, 5.74) is 0.103. The Morgan fingerprint density at radius 2 is 2.14 bits per heavy atom. The van der Waals surface area contributed by atoms with Crippen molar-refractivity contribution in [1.29, 1.82) is 0 Å². The van der Waals surface area contributed by atoms with Crippen LogP contribution in [0.3, 0.4) is 0 Å². The maximum Gasteiger partial charge on any atom is 0.435 e. The number of aryl methyl sites for hydroxylation is 2. The first-order chi connectivity index (χ1) is 10.3. The summed E-state index contributed by atoms with van der Waals surface area (Å²) in [6, 6.07) is 0.915. The highest BCUT2D eigenvalue weighted by molar-refractivity contribution is 5.75. The Morgan fingerprint density at radius 1 is 1.41 bits per heavy atom. The summed E-state index contributed by atoms with van der Waals surface area (Å²) in [4.78, 5) is 11.8. The molecule has 0 bridgehead atoms. The van der Waals surface area contributed by atoms with E-state index in [-0.39, 0.29) is 18.8 Å². The molecule has 6 nitrogen and oxygen atoms in total. The second-order valence-corrected chi connectivity index (χ2v) is 4.81. The second-order valence-electron chi connectivity index (χ2n) is 4.81. The fraction of sp³-hybridized carbons (Fsp3) is 0.462. The van der Waals surface area contributed by atoms with Gasteiger partial charge in [-0.3, -0.25) is 14.2 Å². The van der Waals surface area contributed by atoms with Gasteiger partial charge in [-0.1, -0.05) is 0 Å². The minimum Gasteiger partial charge on any atom is -0.350 e. The molecule has 0 atom stereocenters. The average Bonchev–Trinajstić information content (AvgIpc) is 3.03. The summed E-state index contributed by atoms with van der Waals surface area (Å²) in [5.74, 6) is -0.413. The lowest BCUT2D eigenvalue weighted by atomic mass is 10.3. The lowest BCUT2D eigenvalue weighted by Gasteiger charge is -2.06. The average molecular weight is 315 g/mol. The smallest absolute Gasteiger partial charge is 0.350 e. The Labute approximate surface area is 124 Å². The first-order valence-electron chi connectivity index (χ1n) is 6.69. The molecule has 0 radical (unpaired) electrons. The van der Waals surface area contributed by atoms with Gasteiger partial charge in [-0.2, -0.15) is 23.4 Å². The third-order valence-corrected chi connectivity index (χ3v) is 3.07. The minimum absolute atomic E-state index is 0.260. The first-order valence-corrected chi connectivity index (χ1v) is 6.69. The molecule has 0 aliphatic heterocycles. The van der Waals surface area contributed by atoms with Crippen LogP contribution >= 0.6 is 0 Å². The molecule has 0 spiro atoms. The van der Waals surface area contributed by atoms with Crippen molar-refractivity contribution in [1.82, 2.24) is 24.9 Å². The van der Waals surface area contributed by atoms with E-state index < -0.39 is 17.8 Å². The maximum absolute atomic E-state index is 12.5. The van der Waals surface area contributed by atoms with Crippen molar-refractivity contribution in [2.24, 2.45) is 0 Å². The van der Waals surface area contributed by atoms with Crippen LogP contribution in [0.25, 0.3) is 0 Å². The topological polar surface area (TPSA) is 64.7 Å². The van der Waals surface area contributed by atoms with Crippen LogP contribution in [0.2, 0.25) is 0 Å². The van der Waals surface area contributed by atoms with Crippen molar-refractivity contribution in [2.75, 3.05) is 0 Å². The number of rotatable bonds is 5. The van der Waals surface area contributed by atoms with E-state index in [4.69, 9.17) is 0 Å². The molecule has 2 aromatic rings. The Morgan fingerprint density at radius 3 is 2.68 bits per heavy atom. The molecule has 2 aromatic heterocycles. The molecule has 0 fully saturated rings. The van der Waals surface area contributed by atoms with E-state index in [0.29, 0.717) is 0 Å². The molecule has 0 aromatic carbocycles. The zero-order valence-electron chi connectivity index (χ0n) is 12.2. The zero-order chi connectivity index (χ0) is 16.3.